The normalized spacial score (nSPS) is 15.9. The highest BCUT2D eigenvalue weighted by Gasteiger charge is 2.20. The summed E-state index contributed by atoms with van der Waals surface area (Å²) in [5.41, 5.74) is 2.35. The molecule has 3 rings (SSSR count). The molecule has 1 unspecified atom stereocenters. The molecule has 1 aromatic heterocycles. The van der Waals surface area contributed by atoms with Crippen molar-refractivity contribution < 1.29 is 4.79 Å². The van der Waals surface area contributed by atoms with E-state index >= 15 is 0 Å². The van der Waals surface area contributed by atoms with E-state index in [1.54, 1.807) is 11.3 Å². The fourth-order valence-electron chi connectivity index (χ4n) is 2.92. The van der Waals surface area contributed by atoms with Gasteiger partial charge in [-0.15, -0.1) is 11.3 Å². The molecule has 0 saturated heterocycles. The van der Waals surface area contributed by atoms with Gasteiger partial charge in [-0.2, -0.15) is 0 Å². The summed E-state index contributed by atoms with van der Waals surface area (Å²) in [6.07, 6.45) is 1.46. The van der Waals surface area contributed by atoms with Crippen LogP contribution in [0.4, 0.5) is 5.13 Å². The summed E-state index contributed by atoms with van der Waals surface area (Å²) in [6, 6.07) is 10.2. The molecule has 1 amide bonds. The number of amides is 1. The monoisotopic (exact) mass is 329 g/mol. The zero-order valence-corrected chi connectivity index (χ0v) is 14.5. The molecular weight excluding hydrogens is 306 g/mol. The first-order valence-corrected chi connectivity index (χ1v) is 9.03. The first-order valence-electron chi connectivity index (χ1n) is 8.21. The van der Waals surface area contributed by atoms with E-state index in [0.717, 1.165) is 36.9 Å². The van der Waals surface area contributed by atoms with E-state index < -0.39 is 0 Å². The van der Waals surface area contributed by atoms with Crippen LogP contribution in [0.25, 0.3) is 0 Å². The average Bonchev–Trinajstić information content (AvgIpc) is 2.96. The molecule has 1 N–H and O–H groups in total. The third-order valence-corrected chi connectivity index (χ3v) is 5.36. The summed E-state index contributed by atoms with van der Waals surface area (Å²) in [5.74, 6) is 0.251. The van der Waals surface area contributed by atoms with Gasteiger partial charge in [-0.25, -0.2) is 4.98 Å². The van der Waals surface area contributed by atoms with Crippen LogP contribution in [0.2, 0.25) is 0 Å². The summed E-state index contributed by atoms with van der Waals surface area (Å²) in [5, 5.41) is 3.73. The molecule has 4 nitrogen and oxygen atoms in total. The summed E-state index contributed by atoms with van der Waals surface area (Å²) in [6.45, 7) is 7.35. The van der Waals surface area contributed by atoms with Crippen molar-refractivity contribution in [2.75, 3.05) is 18.4 Å². The van der Waals surface area contributed by atoms with E-state index in [1.165, 1.54) is 10.4 Å². The van der Waals surface area contributed by atoms with Crippen LogP contribution in [0.5, 0.6) is 0 Å². The third-order valence-electron chi connectivity index (χ3n) is 4.36. The molecule has 0 saturated carbocycles. The minimum atomic E-state index is 0.0415. The number of benzene rings is 1. The molecule has 0 aliphatic carbocycles. The summed E-state index contributed by atoms with van der Waals surface area (Å²) in [7, 11) is 0. The zero-order valence-electron chi connectivity index (χ0n) is 13.7. The molecule has 23 heavy (non-hydrogen) atoms. The maximum absolute atomic E-state index is 12.3. The van der Waals surface area contributed by atoms with Gasteiger partial charge in [-0.1, -0.05) is 44.2 Å². The molecule has 1 aliphatic rings. The number of rotatable bonds is 5. The lowest BCUT2D eigenvalue weighted by atomic mass is 9.98. The number of nitrogens with one attached hydrogen (secondary N) is 1. The molecular formula is C18H23N3OS. The van der Waals surface area contributed by atoms with Crippen LogP contribution in [0.15, 0.2) is 30.3 Å². The second kappa shape index (κ2) is 7.23. The van der Waals surface area contributed by atoms with E-state index in [0.29, 0.717) is 6.42 Å². The highest BCUT2D eigenvalue weighted by molar-refractivity contribution is 7.15. The van der Waals surface area contributed by atoms with Crippen molar-refractivity contribution in [1.29, 1.82) is 0 Å². The maximum Gasteiger partial charge on any atom is 0.226 e. The number of thiazole rings is 1. The second-order valence-corrected chi connectivity index (χ2v) is 7.16. The van der Waals surface area contributed by atoms with Crippen molar-refractivity contribution in [1.82, 2.24) is 9.88 Å². The molecule has 5 heteroatoms. The second-order valence-electron chi connectivity index (χ2n) is 6.07. The highest BCUT2D eigenvalue weighted by atomic mass is 32.1. The summed E-state index contributed by atoms with van der Waals surface area (Å²) >= 11 is 1.62. The van der Waals surface area contributed by atoms with E-state index in [-0.39, 0.29) is 11.8 Å². The van der Waals surface area contributed by atoms with Crippen LogP contribution in [0, 0.1) is 0 Å². The fraction of sp³-hybridized carbons (Fsp3) is 0.444. The Balaban J connectivity index is 1.59. The predicted molar refractivity (Wildman–Crippen MR) is 94.9 cm³/mol. The van der Waals surface area contributed by atoms with Crippen molar-refractivity contribution in [3.8, 4) is 0 Å². The van der Waals surface area contributed by atoms with Gasteiger partial charge in [0, 0.05) is 30.8 Å². The number of anilines is 1. The molecule has 0 fully saturated rings. The number of nitrogens with zero attached hydrogens (tertiary/aromatic N) is 2. The van der Waals surface area contributed by atoms with Crippen molar-refractivity contribution in [2.45, 2.75) is 39.2 Å². The minimum Gasteiger partial charge on any atom is -0.302 e. The first-order chi connectivity index (χ1) is 11.2. The van der Waals surface area contributed by atoms with Gasteiger partial charge in [0.1, 0.15) is 0 Å². The molecule has 0 spiro atoms. The third kappa shape index (κ3) is 3.98. The van der Waals surface area contributed by atoms with Gasteiger partial charge < -0.3 is 5.32 Å². The van der Waals surface area contributed by atoms with E-state index in [4.69, 9.17) is 0 Å². The molecule has 1 atom stereocenters. The Bertz CT molecular complexity index is 668. The Morgan fingerprint density at radius 2 is 2.17 bits per heavy atom. The number of likely N-dealkylation sites (N-methyl/N-ethyl adjacent to an activating group) is 1. The Hall–Kier alpha value is -1.72. The standard InChI is InChI=1S/C18H23N3OS/c1-3-21-10-9-15-16(12-21)23-18(19-15)20-17(22)11-13(2)14-7-5-4-6-8-14/h4-8,13H,3,9-12H2,1-2H3,(H,19,20,22). The van der Waals surface area contributed by atoms with Gasteiger partial charge >= 0.3 is 0 Å². The van der Waals surface area contributed by atoms with E-state index in [9.17, 15) is 4.79 Å². The van der Waals surface area contributed by atoms with Crippen molar-refractivity contribution >= 4 is 22.4 Å². The number of carbonyl (C=O) groups is 1. The lowest BCUT2D eigenvalue weighted by Gasteiger charge is -2.23. The molecule has 0 bridgehead atoms. The number of fused-ring (bicyclic) bond motifs is 1. The Morgan fingerprint density at radius 1 is 1.39 bits per heavy atom. The lowest BCUT2D eigenvalue weighted by Crippen LogP contribution is -2.29. The van der Waals surface area contributed by atoms with Crippen LogP contribution in [-0.2, 0) is 17.8 Å². The number of hydrogen-bond acceptors (Lipinski definition) is 4. The molecule has 0 radical (unpaired) electrons. The Morgan fingerprint density at radius 3 is 2.91 bits per heavy atom. The van der Waals surface area contributed by atoms with Crippen LogP contribution in [0.3, 0.4) is 0 Å². The SMILES string of the molecule is CCN1CCc2nc(NC(=O)CC(C)c3ccccc3)sc2C1. The van der Waals surface area contributed by atoms with Gasteiger partial charge in [-0.05, 0) is 18.0 Å². The van der Waals surface area contributed by atoms with Crippen LogP contribution in [-0.4, -0.2) is 28.9 Å². The molecule has 2 heterocycles. The number of aromatic nitrogens is 1. The topological polar surface area (TPSA) is 45.2 Å². The van der Waals surface area contributed by atoms with Gasteiger partial charge in [0.15, 0.2) is 5.13 Å². The van der Waals surface area contributed by atoms with Crippen LogP contribution >= 0.6 is 11.3 Å². The Labute approximate surface area is 141 Å². The van der Waals surface area contributed by atoms with E-state index in [2.05, 4.69) is 41.2 Å². The van der Waals surface area contributed by atoms with Gasteiger partial charge in [-0.3, -0.25) is 9.69 Å². The molecule has 1 aromatic carbocycles. The van der Waals surface area contributed by atoms with E-state index in [1.807, 2.05) is 18.2 Å². The lowest BCUT2D eigenvalue weighted by molar-refractivity contribution is -0.116. The summed E-state index contributed by atoms with van der Waals surface area (Å²) in [4.78, 5) is 20.6. The Kier molecular flexibility index (Phi) is 5.08. The zero-order chi connectivity index (χ0) is 16.2. The van der Waals surface area contributed by atoms with Gasteiger partial charge in [0.2, 0.25) is 5.91 Å². The van der Waals surface area contributed by atoms with Crippen molar-refractivity contribution in [3.63, 3.8) is 0 Å². The smallest absolute Gasteiger partial charge is 0.226 e. The number of carbonyl (C=O) groups excluding carboxylic acids is 1. The highest BCUT2D eigenvalue weighted by Crippen LogP contribution is 2.28. The van der Waals surface area contributed by atoms with Crippen molar-refractivity contribution in [2.24, 2.45) is 0 Å². The molecule has 122 valence electrons. The minimum absolute atomic E-state index is 0.0415. The van der Waals surface area contributed by atoms with Gasteiger partial charge in [0.05, 0.1) is 5.69 Å². The number of hydrogen-bond donors (Lipinski definition) is 1. The predicted octanol–water partition coefficient (Wildman–Crippen LogP) is 3.65. The summed E-state index contributed by atoms with van der Waals surface area (Å²) < 4.78 is 0. The molecule has 1 aliphatic heterocycles. The van der Waals surface area contributed by atoms with Crippen LogP contribution in [0.1, 0.15) is 42.3 Å². The quantitative estimate of drug-likeness (QED) is 0.910. The van der Waals surface area contributed by atoms with Crippen LogP contribution < -0.4 is 5.32 Å². The van der Waals surface area contributed by atoms with Crippen molar-refractivity contribution in [3.05, 3.63) is 46.5 Å². The molecule has 2 aromatic rings. The largest absolute Gasteiger partial charge is 0.302 e. The fourth-order valence-corrected chi connectivity index (χ4v) is 3.99. The maximum atomic E-state index is 12.3. The van der Waals surface area contributed by atoms with Gasteiger partial charge in [0.25, 0.3) is 0 Å². The average molecular weight is 329 g/mol. The first kappa shape index (κ1) is 16.1.